The number of ether oxygens (including phenoxy) is 1. The highest BCUT2D eigenvalue weighted by atomic mass is 19.1. The van der Waals surface area contributed by atoms with Gasteiger partial charge in [-0.2, -0.15) is 0 Å². The van der Waals surface area contributed by atoms with Crippen LogP contribution in [0.1, 0.15) is 23.6 Å². The van der Waals surface area contributed by atoms with Crippen LogP contribution in [0.3, 0.4) is 0 Å². The molecule has 0 aliphatic carbocycles. The van der Waals surface area contributed by atoms with E-state index in [-0.39, 0.29) is 12.2 Å². The lowest BCUT2D eigenvalue weighted by Gasteiger charge is -2.17. The largest absolute Gasteiger partial charge is 0.481 e. The van der Waals surface area contributed by atoms with Gasteiger partial charge in [0.25, 0.3) is 5.69 Å². The number of rotatable bonds is 7. The molecule has 0 fully saturated rings. The quantitative estimate of drug-likeness (QED) is 0.577. The number of alkyl carbamates (subject to hydrolysis) is 1. The van der Waals surface area contributed by atoms with Crippen molar-refractivity contribution >= 4 is 17.7 Å². The van der Waals surface area contributed by atoms with E-state index in [9.17, 15) is 24.1 Å². The van der Waals surface area contributed by atoms with Crippen LogP contribution in [-0.4, -0.2) is 22.1 Å². The molecule has 0 heterocycles. The van der Waals surface area contributed by atoms with Gasteiger partial charge in [-0.15, -0.1) is 0 Å². The Morgan fingerprint density at radius 1 is 1.23 bits per heavy atom. The Morgan fingerprint density at radius 3 is 2.54 bits per heavy atom. The number of hydrogen-bond donors (Lipinski definition) is 2. The fourth-order valence-corrected chi connectivity index (χ4v) is 2.29. The molecule has 0 saturated heterocycles. The monoisotopic (exact) mass is 362 g/mol. The fraction of sp³-hybridized carbons (Fsp3) is 0.176. The summed E-state index contributed by atoms with van der Waals surface area (Å²) in [6.07, 6.45) is -1.65. The van der Waals surface area contributed by atoms with Crippen molar-refractivity contribution < 1.29 is 28.7 Å². The van der Waals surface area contributed by atoms with Gasteiger partial charge >= 0.3 is 12.1 Å². The summed E-state index contributed by atoms with van der Waals surface area (Å²) < 4.78 is 18.5. The first-order chi connectivity index (χ1) is 12.4. The molecular weight excluding hydrogens is 347 g/mol. The molecule has 0 spiro atoms. The highest BCUT2D eigenvalue weighted by Gasteiger charge is 2.27. The van der Waals surface area contributed by atoms with Crippen LogP contribution in [0.4, 0.5) is 14.9 Å². The van der Waals surface area contributed by atoms with Crippen molar-refractivity contribution in [1.29, 1.82) is 0 Å². The normalized spacial score (nSPS) is 11.4. The minimum absolute atomic E-state index is 0.0717. The number of nitrogens with zero attached hydrogens (tertiary/aromatic N) is 1. The van der Waals surface area contributed by atoms with Gasteiger partial charge in [0.1, 0.15) is 12.4 Å². The van der Waals surface area contributed by atoms with E-state index in [2.05, 4.69) is 5.32 Å². The number of carbonyl (C=O) groups excluding carboxylic acids is 1. The van der Waals surface area contributed by atoms with Gasteiger partial charge in [0, 0.05) is 6.07 Å². The topological polar surface area (TPSA) is 119 Å². The number of amides is 1. The van der Waals surface area contributed by atoms with Gasteiger partial charge in [0.2, 0.25) is 0 Å². The third kappa shape index (κ3) is 5.26. The second kappa shape index (κ2) is 8.56. The standard InChI is InChI=1S/C17H15FN2O6/c18-12-6-7-15(20(24)25)13(8-12)14(9-16(21)22)19-17(23)26-10-11-4-2-1-3-5-11/h1-8,14H,9-10H2,(H,19,23)(H,21,22)/t14-/m1/s1. The molecule has 0 saturated carbocycles. The zero-order chi connectivity index (χ0) is 19.1. The Labute approximate surface area is 147 Å². The van der Waals surface area contributed by atoms with Gasteiger partial charge < -0.3 is 15.2 Å². The minimum Gasteiger partial charge on any atom is -0.481 e. The first-order valence-electron chi connectivity index (χ1n) is 7.49. The van der Waals surface area contributed by atoms with Gasteiger partial charge in [-0.3, -0.25) is 14.9 Å². The first kappa shape index (κ1) is 18.8. The second-order valence-corrected chi connectivity index (χ2v) is 5.32. The predicted octanol–water partition coefficient (Wildman–Crippen LogP) is 3.18. The fourth-order valence-electron chi connectivity index (χ4n) is 2.29. The lowest BCUT2D eigenvalue weighted by Crippen LogP contribution is -2.31. The molecule has 26 heavy (non-hydrogen) atoms. The van der Waals surface area contributed by atoms with Gasteiger partial charge in [-0.25, -0.2) is 9.18 Å². The number of aliphatic carboxylic acids is 1. The van der Waals surface area contributed by atoms with Gasteiger partial charge in [0.15, 0.2) is 0 Å². The highest BCUT2D eigenvalue weighted by Crippen LogP contribution is 2.28. The average Bonchev–Trinajstić information content (AvgIpc) is 2.59. The number of hydrogen-bond acceptors (Lipinski definition) is 5. The van der Waals surface area contributed by atoms with Crippen molar-refractivity contribution in [3.05, 3.63) is 75.6 Å². The molecule has 0 bridgehead atoms. The number of benzene rings is 2. The summed E-state index contributed by atoms with van der Waals surface area (Å²) in [5, 5.41) is 22.4. The molecule has 0 aliphatic heterocycles. The van der Waals surface area contributed by atoms with Crippen LogP contribution >= 0.6 is 0 Å². The van der Waals surface area contributed by atoms with Crippen LogP contribution < -0.4 is 5.32 Å². The number of nitro groups is 1. The van der Waals surface area contributed by atoms with E-state index in [4.69, 9.17) is 9.84 Å². The summed E-state index contributed by atoms with van der Waals surface area (Å²) in [7, 11) is 0. The van der Waals surface area contributed by atoms with Crippen molar-refractivity contribution in [2.75, 3.05) is 0 Å². The highest BCUT2D eigenvalue weighted by molar-refractivity contribution is 5.72. The Balaban J connectivity index is 2.17. The maximum atomic E-state index is 13.5. The summed E-state index contributed by atoms with van der Waals surface area (Å²) in [5.74, 6) is -2.11. The van der Waals surface area contributed by atoms with E-state index in [0.29, 0.717) is 5.56 Å². The van der Waals surface area contributed by atoms with Gasteiger partial charge in [-0.05, 0) is 17.7 Å². The second-order valence-electron chi connectivity index (χ2n) is 5.32. The third-order valence-electron chi connectivity index (χ3n) is 3.45. The molecule has 8 nitrogen and oxygen atoms in total. The molecule has 0 aliphatic rings. The van der Waals surface area contributed by atoms with Crippen LogP contribution in [-0.2, 0) is 16.1 Å². The van der Waals surface area contributed by atoms with Crippen molar-refractivity contribution in [2.24, 2.45) is 0 Å². The molecule has 0 unspecified atom stereocenters. The van der Waals surface area contributed by atoms with Crippen LogP contribution in [0, 0.1) is 15.9 Å². The number of nitrogens with one attached hydrogen (secondary N) is 1. The van der Waals surface area contributed by atoms with Crippen molar-refractivity contribution in [2.45, 2.75) is 19.1 Å². The summed E-state index contributed by atoms with van der Waals surface area (Å²) in [6, 6.07) is 10.0. The Kier molecular flexibility index (Phi) is 6.20. The zero-order valence-corrected chi connectivity index (χ0v) is 13.4. The molecule has 1 amide bonds. The van der Waals surface area contributed by atoms with Crippen molar-refractivity contribution in [3.63, 3.8) is 0 Å². The van der Waals surface area contributed by atoms with Gasteiger partial charge in [-0.1, -0.05) is 30.3 Å². The lowest BCUT2D eigenvalue weighted by atomic mass is 10.0. The van der Waals surface area contributed by atoms with E-state index < -0.39 is 41.0 Å². The van der Waals surface area contributed by atoms with Gasteiger partial charge in [0.05, 0.1) is 22.9 Å². The molecule has 0 aromatic heterocycles. The third-order valence-corrected chi connectivity index (χ3v) is 3.45. The molecule has 2 rings (SSSR count). The Bertz CT molecular complexity index is 812. The average molecular weight is 362 g/mol. The molecule has 0 radical (unpaired) electrons. The number of carbonyl (C=O) groups is 2. The van der Waals surface area contributed by atoms with Crippen molar-refractivity contribution in [1.82, 2.24) is 5.32 Å². The summed E-state index contributed by atoms with van der Waals surface area (Å²) in [5.41, 5.74) is -0.0516. The van der Waals surface area contributed by atoms with E-state index in [1.165, 1.54) is 0 Å². The number of halogens is 1. The minimum atomic E-state index is -1.33. The molecule has 136 valence electrons. The van der Waals surface area contributed by atoms with E-state index in [0.717, 1.165) is 18.2 Å². The zero-order valence-electron chi connectivity index (χ0n) is 13.4. The first-order valence-corrected chi connectivity index (χ1v) is 7.49. The van der Waals surface area contributed by atoms with E-state index >= 15 is 0 Å². The van der Waals surface area contributed by atoms with E-state index in [1.54, 1.807) is 30.3 Å². The van der Waals surface area contributed by atoms with Crippen LogP contribution in [0.5, 0.6) is 0 Å². The maximum absolute atomic E-state index is 13.5. The summed E-state index contributed by atoms with van der Waals surface area (Å²) >= 11 is 0. The molecule has 2 N–H and O–H groups in total. The van der Waals surface area contributed by atoms with Crippen molar-refractivity contribution in [3.8, 4) is 0 Å². The smallest absolute Gasteiger partial charge is 0.407 e. The SMILES string of the molecule is O=C(O)C[C@@H](NC(=O)OCc1ccccc1)c1cc(F)ccc1[N+](=O)[O-]. The summed E-state index contributed by atoms with van der Waals surface area (Å²) in [4.78, 5) is 33.3. The Hall–Kier alpha value is -3.49. The van der Waals surface area contributed by atoms with Crippen LogP contribution in [0.25, 0.3) is 0 Å². The molecule has 9 heteroatoms. The molecule has 2 aromatic rings. The Morgan fingerprint density at radius 2 is 1.92 bits per heavy atom. The maximum Gasteiger partial charge on any atom is 0.407 e. The summed E-state index contributed by atoms with van der Waals surface area (Å²) in [6.45, 7) is -0.0717. The molecular formula is C17H15FN2O6. The molecule has 1 atom stereocenters. The molecule has 2 aromatic carbocycles. The lowest BCUT2D eigenvalue weighted by molar-refractivity contribution is -0.385. The number of nitro benzene ring substituents is 1. The van der Waals surface area contributed by atoms with Crippen LogP contribution in [0.15, 0.2) is 48.5 Å². The van der Waals surface area contributed by atoms with Crippen LogP contribution in [0.2, 0.25) is 0 Å². The number of carboxylic acids is 1. The number of carboxylic acid groups (broad SMARTS) is 1. The predicted molar refractivity (Wildman–Crippen MR) is 87.8 cm³/mol. The van der Waals surface area contributed by atoms with E-state index in [1.807, 2.05) is 0 Å².